The van der Waals surface area contributed by atoms with Gasteiger partial charge in [0, 0.05) is 27.7 Å². The van der Waals surface area contributed by atoms with Gasteiger partial charge in [0.15, 0.2) is 0 Å². The van der Waals surface area contributed by atoms with Crippen LogP contribution in [-0.4, -0.2) is 36.5 Å². The Hall–Kier alpha value is -3.80. The second-order valence-corrected chi connectivity index (χ2v) is 39.0. The maximum absolute atomic E-state index is 8.99. The van der Waals surface area contributed by atoms with Crippen LogP contribution >= 0.6 is 0 Å². The monoisotopic (exact) mass is 1040 g/mol. The number of hydrogen-bond donors (Lipinski definition) is 0. The van der Waals surface area contributed by atoms with Crippen LogP contribution in [0.25, 0.3) is 66.4 Å². The molecule has 0 fully saturated rings. The molecule has 3 heterocycles. The molecule has 0 bridgehead atoms. The third-order valence-electron chi connectivity index (χ3n) is 10.7. The minimum absolute atomic E-state index is 0. The summed E-state index contributed by atoms with van der Waals surface area (Å²) in [5, 5.41) is 4.60. The molecular weight excluding hydrogens is 982 g/mol. The maximum atomic E-state index is 8.99. The van der Waals surface area contributed by atoms with Crippen molar-refractivity contribution in [2.75, 3.05) is 0 Å². The average molecular weight is 1040 g/mol. The van der Waals surface area contributed by atoms with Gasteiger partial charge in [-0.15, -0.1) is 0 Å². The van der Waals surface area contributed by atoms with Crippen LogP contribution in [0.4, 0.5) is 0 Å². The van der Waals surface area contributed by atoms with Crippen molar-refractivity contribution in [2.45, 2.75) is 68.1 Å². The van der Waals surface area contributed by atoms with Gasteiger partial charge < -0.3 is 0 Å². The van der Waals surface area contributed by atoms with Gasteiger partial charge in [-0.1, -0.05) is 33.3 Å². The topological polar surface area (TPSA) is 38.9 Å². The standard InChI is InChI=1S/C32H34GeNO.C18H18GeN.Ir/c1-21(32(2,3)4)23-16-17-34-29(20-23)25-11-15-31-28(19-25)27-18-24(10-14-30(27)35-31)22-8-12-26(13-9-22)33(5,6)7;1-19(2,3)17-10-11-18(20-13-17)16-9-8-14-6-4-5-7-15(14)12-16;/h8-10,12-21H,1-7H3;4-8,10-13H,1-3H3;/q2*-1;/i21D;;. The number of rotatable bonds is 6. The van der Waals surface area contributed by atoms with Crippen LogP contribution in [0.1, 0.15) is 40.5 Å². The van der Waals surface area contributed by atoms with Gasteiger partial charge in [0.2, 0.25) is 0 Å². The Morgan fingerprint density at radius 3 is 1.91 bits per heavy atom. The van der Waals surface area contributed by atoms with Gasteiger partial charge in [-0.05, 0) is 17.4 Å². The zero-order valence-corrected chi connectivity index (χ0v) is 40.9. The Bertz CT molecular complexity index is 2670. The van der Waals surface area contributed by atoms with Gasteiger partial charge in [0.05, 0.1) is 0 Å². The first-order chi connectivity index (χ1) is 26.4. The Morgan fingerprint density at radius 1 is 0.625 bits per heavy atom. The number of pyridine rings is 2. The van der Waals surface area contributed by atoms with E-state index in [1.165, 1.54) is 30.7 Å². The predicted octanol–water partition coefficient (Wildman–Crippen LogP) is 13.1. The Labute approximate surface area is 353 Å². The van der Waals surface area contributed by atoms with Crippen LogP contribution < -0.4 is 8.79 Å². The van der Waals surface area contributed by atoms with Crippen molar-refractivity contribution in [1.82, 2.24) is 9.97 Å². The molecule has 8 aromatic rings. The third kappa shape index (κ3) is 9.32. The summed E-state index contributed by atoms with van der Waals surface area (Å²) in [6.45, 7) is 8.29. The van der Waals surface area contributed by atoms with E-state index < -0.39 is 32.4 Å². The fourth-order valence-corrected chi connectivity index (χ4v) is 11.3. The van der Waals surface area contributed by atoms with Crippen LogP contribution in [-0.2, 0) is 20.1 Å². The second kappa shape index (κ2) is 16.6. The molecule has 287 valence electrons. The van der Waals surface area contributed by atoms with Crippen molar-refractivity contribution in [3.05, 3.63) is 145 Å². The van der Waals surface area contributed by atoms with E-state index in [0.717, 1.165) is 50.0 Å². The molecule has 56 heavy (non-hydrogen) atoms. The Morgan fingerprint density at radius 2 is 1.25 bits per heavy atom. The molecule has 3 aromatic heterocycles. The summed E-state index contributed by atoms with van der Waals surface area (Å²) in [5.41, 5.74) is 8.64. The number of benzene rings is 5. The molecule has 0 aliphatic heterocycles. The van der Waals surface area contributed by atoms with E-state index in [1.807, 2.05) is 31.2 Å². The molecule has 0 saturated heterocycles. The van der Waals surface area contributed by atoms with Gasteiger partial charge in [0.25, 0.3) is 0 Å². The van der Waals surface area contributed by atoms with E-state index in [4.69, 9.17) is 5.79 Å². The van der Waals surface area contributed by atoms with E-state index in [9.17, 15) is 0 Å². The van der Waals surface area contributed by atoms with E-state index in [0.29, 0.717) is 0 Å². The van der Waals surface area contributed by atoms with Crippen molar-refractivity contribution in [3.8, 4) is 33.6 Å². The summed E-state index contributed by atoms with van der Waals surface area (Å²) >= 11 is -3.61. The second-order valence-electron chi connectivity index (χ2n) is 17.7. The fourth-order valence-electron chi connectivity index (χ4n) is 6.73. The van der Waals surface area contributed by atoms with E-state index in [2.05, 4.69) is 175 Å². The number of furan rings is 1. The average Bonchev–Trinajstić information content (AvgIpc) is 3.54. The van der Waals surface area contributed by atoms with Crippen molar-refractivity contribution >= 4 is 68.0 Å². The molecule has 0 saturated carbocycles. The Balaban J connectivity index is 0.000000221. The van der Waals surface area contributed by atoms with E-state index in [-0.39, 0.29) is 25.5 Å². The smallest absolute Gasteiger partial charge is 0 e. The molecular formula is C50H52Ge2IrN2O-2. The van der Waals surface area contributed by atoms with Crippen molar-refractivity contribution in [3.63, 3.8) is 0 Å². The summed E-state index contributed by atoms with van der Waals surface area (Å²) in [7, 11) is 0. The molecule has 1 radical (unpaired) electrons. The molecule has 3 nitrogen and oxygen atoms in total. The SMILES string of the molecule is [2H]C(C)(c1ccnc(-c2[c-]cc3oc4ccc(-c5cc[c]([Ge]([CH3])([CH3])[CH3])cc5)cc4c3c2)c1)C(C)(C)C.[CH3][Ge]([CH3])([CH3])[c]1ccc(-c2[c-]cc3ccccc3c2)nc1.[Ir]. The minimum atomic E-state index is -1.84. The van der Waals surface area contributed by atoms with Gasteiger partial charge in [-0.25, -0.2) is 0 Å². The van der Waals surface area contributed by atoms with Crippen LogP contribution in [0, 0.1) is 17.5 Å². The van der Waals surface area contributed by atoms with Crippen LogP contribution in [0.3, 0.4) is 0 Å². The number of nitrogens with zero attached hydrogens (tertiary/aromatic N) is 2. The normalized spacial score (nSPS) is 13.4. The molecule has 8 rings (SSSR count). The molecule has 0 spiro atoms. The molecule has 0 amide bonds. The predicted molar refractivity (Wildman–Crippen MR) is 241 cm³/mol. The van der Waals surface area contributed by atoms with Gasteiger partial charge >= 0.3 is 278 Å². The van der Waals surface area contributed by atoms with Crippen LogP contribution in [0.5, 0.6) is 0 Å². The van der Waals surface area contributed by atoms with Crippen molar-refractivity contribution in [1.29, 1.82) is 0 Å². The van der Waals surface area contributed by atoms with Gasteiger partial charge in [-0.2, -0.15) is 0 Å². The Kier molecular flexibility index (Phi) is 12.0. The third-order valence-corrected chi connectivity index (χ3v) is 19.3. The summed E-state index contributed by atoms with van der Waals surface area (Å²) in [5.74, 6) is 13.7. The number of aromatic nitrogens is 2. The largest absolute Gasteiger partial charge is 0 e. The van der Waals surface area contributed by atoms with Gasteiger partial charge in [0.1, 0.15) is 0 Å². The van der Waals surface area contributed by atoms with Crippen molar-refractivity contribution in [2.24, 2.45) is 5.41 Å². The summed E-state index contributed by atoms with van der Waals surface area (Å²) in [6, 6.07) is 47.2. The number of hydrogen-bond acceptors (Lipinski definition) is 3. The number of fused-ring (bicyclic) bond motifs is 4. The van der Waals surface area contributed by atoms with Gasteiger partial charge in [-0.3, -0.25) is 0 Å². The molecule has 6 heteroatoms. The van der Waals surface area contributed by atoms with Crippen LogP contribution in [0.2, 0.25) is 34.5 Å². The minimum Gasteiger partial charge on any atom is 0 e. The van der Waals surface area contributed by atoms with E-state index in [1.54, 1.807) is 6.20 Å². The fraction of sp³-hybridized carbons (Fsp3) is 0.240. The first kappa shape index (κ1) is 40.4. The van der Waals surface area contributed by atoms with Crippen molar-refractivity contribution < 1.29 is 25.9 Å². The first-order valence-corrected chi connectivity index (χ1v) is 33.9. The summed E-state index contributed by atoms with van der Waals surface area (Å²) < 4.78 is 18.1. The van der Waals surface area contributed by atoms with E-state index >= 15 is 0 Å². The summed E-state index contributed by atoms with van der Waals surface area (Å²) in [6.07, 6.45) is 3.86. The maximum Gasteiger partial charge on any atom is 0 e. The molecule has 1 unspecified atom stereocenters. The molecule has 0 N–H and O–H groups in total. The summed E-state index contributed by atoms with van der Waals surface area (Å²) in [4.78, 5) is 9.27. The zero-order valence-electron chi connectivity index (χ0n) is 35.3. The molecule has 0 aliphatic rings. The molecule has 0 aliphatic carbocycles. The quantitative estimate of drug-likeness (QED) is 0.123. The molecule has 1 atom stereocenters. The first-order valence-electron chi connectivity index (χ1n) is 19.7. The zero-order chi connectivity index (χ0) is 40.0. The van der Waals surface area contributed by atoms with Crippen LogP contribution in [0.15, 0.2) is 132 Å². The molecule has 5 aromatic carbocycles.